The fourth-order valence-electron chi connectivity index (χ4n) is 2.09. The molecule has 1 aliphatic carbocycles. The van der Waals surface area contributed by atoms with Gasteiger partial charge in [0.1, 0.15) is 5.75 Å². The van der Waals surface area contributed by atoms with Crippen LogP contribution in [0.1, 0.15) is 31.7 Å². The largest absolute Gasteiger partial charge is 0.434 e. The van der Waals surface area contributed by atoms with Gasteiger partial charge in [0.25, 0.3) is 0 Å². The van der Waals surface area contributed by atoms with E-state index in [0.717, 1.165) is 22.9 Å². The molecule has 0 saturated heterocycles. The molecule has 1 N–H and O–H groups in total. The minimum Gasteiger partial charge on any atom is -0.434 e. The van der Waals surface area contributed by atoms with Crippen LogP contribution in [0.2, 0.25) is 0 Å². The van der Waals surface area contributed by atoms with Crippen LogP contribution >= 0.6 is 15.9 Å². The van der Waals surface area contributed by atoms with Crippen molar-refractivity contribution in [2.45, 2.75) is 44.9 Å². The van der Waals surface area contributed by atoms with Crippen LogP contribution in [0.3, 0.4) is 0 Å². The number of nitrogens with one attached hydrogen (secondary N) is 1. The number of hydrogen-bond donors (Lipinski definition) is 1. The Hall–Kier alpha value is -0.680. The molecule has 100 valence electrons. The molecule has 0 amide bonds. The van der Waals surface area contributed by atoms with Crippen molar-refractivity contribution in [1.82, 2.24) is 5.32 Å². The predicted octanol–water partition coefficient (Wildman–Crippen LogP) is 4.08. The average molecular weight is 320 g/mol. The van der Waals surface area contributed by atoms with Crippen LogP contribution in [0.25, 0.3) is 0 Å². The summed E-state index contributed by atoms with van der Waals surface area (Å²) in [4.78, 5) is 0. The van der Waals surface area contributed by atoms with Gasteiger partial charge in [-0.3, -0.25) is 0 Å². The van der Waals surface area contributed by atoms with Gasteiger partial charge in [-0.2, -0.15) is 8.78 Å². The molecule has 2 rings (SSSR count). The SMILES string of the molecule is CC1(NCc2cc(Br)ccc2OC(F)F)CCC1. The third-order valence-corrected chi connectivity index (χ3v) is 3.89. The Bertz CT molecular complexity index is 421. The van der Waals surface area contributed by atoms with E-state index in [1.165, 1.54) is 6.42 Å². The third kappa shape index (κ3) is 3.42. The normalized spacial score (nSPS) is 17.6. The molecule has 0 aliphatic heterocycles. The zero-order valence-electron chi connectivity index (χ0n) is 10.2. The molecule has 0 aromatic heterocycles. The van der Waals surface area contributed by atoms with Crippen molar-refractivity contribution in [2.24, 2.45) is 0 Å². The Morgan fingerprint density at radius 2 is 2.17 bits per heavy atom. The summed E-state index contributed by atoms with van der Waals surface area (Å²) in [5.41, 5.74) is 0.891. The number of rotatable bonds is 5. The minimum atomic E-state index is -2.79. The summed E-state index contributed by atoms with van der Waals surface area (Å²) in [6.45, 7) is -0.0932. The molecule has 0 spiro atoms. The van der Waals surface area contributed by atoms with E-state index in [1.54, 1.807) is 12.1 Å². The average Bonchev–Trinajstić information content (AvgIpc) is 2.26. The molecule has 5 heteroatoms. The van der Waals surface area contributed by atoms with Crippen molar-refractivity contribution in [3.63, 3.8) is 0 Å². The van der Waals surface area contributed by atoms with Gasteiger partial charge in [0, 0.05) is 22.1 Å². The highest BCUT2D eigenvalue weighted by Crippen LogP contribution is 2.32. The molecule has 0 unspecified atom stereocenters. The smallest absolute Gasteiger partial charge is 0.387 e. The zero-order chi connectivity index (χ0) is 13.2. The molecule has 0 radical (unpaired) electrons. The van der Waals surface area contributed by atoms with E-state index >= 15 is 0 Å². The highest BCUT2D eigenvalue weighted by Gasteiger charge is 2.31. The maximum absolute atomic E-state index is 12.3. The summed E-state index contributed by atoms with van der Waals surface area (Å²) in [5.74, 6) is 0.239. The first kappa shape index (κ1) is 13.7. The Morgan fingerprint density at radius 3 is 2.72 bits per heavy atom. The van der Waals surface area contributed by atoms with Crippen molar-refractivity contribution in [1.29, 1.82) is 0 Å². The molecule has 1 aromatic rings. The van der Waals surface area contributed by atoms with Crippen LogP contribution < -0.4 is 10.1 Å². The van der Waals surface area contributed by atoms with E-state index in [2.05, 4.69) is 32.9 Å². The Morgan fingerprint density at radius 1 is 1.44 bits per heavy atom. The predicted molar refractivity (Wildman–Crippen MR) is 69.9 cm³/mol. The van der Waals surface area contributed by atoms with E-state index < -0.39 is 6.61 Å². The van der Waals surface area contributed by atoms with Gasteiger partial charge >= 0.3 is 6.61 Å². The van der Waals surface area contributed by atoms with Crippen molar-refractivity contribution in [3.05, 3.63) is 28.2 Å². The number of halogens is 3. The Labute approximate surface area is 114 Å². The van der Waals surface area contributed by atoms with Crippen LogP contribution in [0.4, 0.5) is 8.78 Å². The summed E-state index contributed by atoms with van der Waals surface area (Å²) in [6.07, 6.45) is 3.49. The van der Waals surface area contributed by atoms with E-state index in [-0.39, 0.29) is 11.3 Å². The fourth-order valence-corrected chi connectivity index (χ4v) is 2.50. The summed E-state index contributed by atoms with van der Waals surface area (Å²) in [7, 11) is 0. The molecule has 1 aliphatic rings. The Kier molecular flexibility index (Phi) is 4.22. The molecule has 1 saturated carbocycles. The van der Waals surface area contributed by atoms with Crippen molar-refractivity contribution in [3.8, 4) is 5.75 Å². The first-order valence-electron chi connectivity index (χ1n) is 5.97. The van der Waals surface area contributed by atoms with E-state index in [0.29, 0.717) is 6.54 Å². The lowest BCUT2D eigenvalue weighted by molar-refractivity contribution is -0.0505. The molecule has 0 atom stereocenters. The van der Waals surface area contributed by atoms with E-state index in [4.69, 9.17) is 0 Å². The van der Waals surface area contributed by atoms with Gasteiger partial charge in [0.2, 0.25) is 0 Å². The summed E-state index contributed by atoms with van der Waals surface area (Å²) in [5, 5.41) is 3.41. The molecule has 1 aromatic carbocycles. The standard InChI is InChI=1S/C13H16BrF2NO/c1-13(5-2-6-13)17-8-9-7-10(14)3-4-11(9)18-12(15)16/h3-4,7,12,17H,2,5-6,8H2,1H3. The van der Waals surface area contributed by atoms with E-state index in [9.17, 15) is 8.78 Å². The second-order valence-electron chi connectivity index (χ2n) is 4.90. The molecule has 18 heavy (non-hydrogen) atoms. The van der Waals surface area contributed by atoms with E-state index in [1.807, 2.05) is 6.07 Å². The van der Waals surface area contributed by atoms with Gasteiger partial charge in [-0.1, -0.05) is 15.9 Å². The number of hydrogen-bond acceptors (Lipinski definition) is 2. The van der Waals surface area contributed by atoms with Gasteiger partial charge in [-0.15, -0.1) is 0 Å². The lowest BCUT2D eigenvalue weighted by Crippen LogP contribution is -2.47. The van der Waals surface area contributed by atoms with Crippen molar-refractivity contribution < 1.29 is 13.5 Å². The zero-order valence-corrected chi connectivity index (χ0v) is 11.8. The molecule has 1 fully saturated rings. The van der Waals surface area contributed by atoms with Crippen LogP contribution in [0.15, 0.2) is 22.7 Å². The van der Waals surface area contributed by atoms with Gasteiger partial charge < -0.3 is 10.1 Å². The van der Waals surface area contributed by atoms with Crippen LogP contribution in [0.5, 0.6) is 5.75 Å². The van der Waals surface area contributed by atoms with Gasteiger partial charge in [-0.25, -0.2) is 0 Å². The quantitative estimate of drug-likeness (QED) is 0.882. The van der Waals surface area contributed by atoms with Gasteiger partial charge in [0.05, 0.1) is 0 Å². The lowest BCUT2D eigenvalue weighted by Gasteiger charge is -2.39. The monoisotopic (exact) mass is 319 g/mol. The topological polar surface area (TPSA) is 21.3 Å². The second kappa shape index (κ2) is 5.53. The summed E-state index contributed by atoms with van der Waals surface area (Å²) >= 11 is 3.34. The second-order valence-corrected chi connectivity index (χ2v) is 5.81. The molecule has 0 heterocycles. The number of ether oxygens (including phenoxy) is 1. The highest BCUT2D eigenvalue weighted by molar-refractivity contribution is 9.10. The van der Waals surface area contributed by atoms with Crippen LogP contribution in [-0.4, -0.2) is 12.2 Å². The minimum absolute atomic E-state index is 0.143. The summed E-state index contributed by atoms with van der Waals surface area (Å²) in [6, 6.07) is 5.08. The van der Waals surface area contributed by atoms with Crippen molar-refractivity contribution in [2.75, 3.05) is 0 Å². The maximum atomic E-state index is 12.3. The first-order valence-corrected chi connectivity index (χ1v) is 6.76. The van der Waals surface area contributed by atoms with Gasteiger partial charge in [-0.05, 0) is 44.4 Å². The van der Waals surface area contributed by atoms with Crippen LogP contribution in [0, 0.1) is 0 Å². The number of benzene rings is 1. The number of alkyl halides is 2. The Balaban J connectivity index is 2.06. The van der Waals surface area contributed by atoms with Crippen LogP contribution in [-0.2, 0) is 6.54 Å². The lowest BCUT2D eigenvalue weighted by atomic mass is 9.78. The van der Waals surface area contributed by atoms with Gasteiger partial charge in [0.15, 0.2) is 0 Å². The molecule has 2 nitrogen and oxygen atoms in total. The maximum Gasteiger partial charge on any atom is 0.387 e. The fraction of sp³-hybridized carbons (Fsp3) is 0.538. The molecular formula is C13H16BrF2NO. The first-order chi connectivity index (χ1) is 8.48. The summed E-state index contributed by atoms with van der Waals surface area (Å²) < 4.78 is 30.0. The third-order valence-electron chi connectivity index (χ3n) is 3.40. The highest BCUT2D eigenvalue weighted by atomic mass is 79.9. The van der Waals surface area contributed by atoms with Crippen molar-refractivity contribution >= 4 is 15.9 Å². The molecular weight excluding hydrogens is 304 g/mol. The molecule has 0 bridgehead atoms.